The van der Waals surface area contributed by atoms with Gasteiger partial charge in [0.05, 0.1) is 13.5 Å². The van der Waals surface area contributed by atoms with Crippen LogP contribution in [0.2, 0.25) is 0 Å². The van der Waals surface area contributed by atoms with Crippen LogP contribution < -0.4 is 0 Å². The summed E-state index contributed by atoms with van der Waals surface area (Å²) in [7, 11) is 1.35. The van der Waals surface area contributed by atoms with Gasteiger partial charge >= 0.3 is 5.97 Å². The summed E-state index contributed by atoms with van der Waals surface area (Å²) >= 11 is 0. The molecule has 5 heteroatoms. The van der Waals surface area contributed by atoms with E-state index < -0.39 is 0 Å². The number of pyridine rings is 1. The van der Waals surface area contributed by atoms with E-state index in [1.165, 1.54) is 7.11 Å². The van der Waals surface area contributed by atoms with Crippen molar-refractivity contribution in [2.45, 2.75) is 26.2 Å². The Kier molecular flexibility index (Phi) is 6.57. The zero-order chi connectivity index (χ0) is 14.1. The molecular formula is C14H20N2O3. The van der Waals surface area contributed by atoms with Crippen LogP contribution in [-0.2, 0) is 20.7 Å². The zero-order valence-corrected chi connectivity index (χ0v) is 11.5. The van der Waals surface area contributed by atoms with E-state index in [2.05, 4.69) is 9.72 Å². The molecule has 0 fully saturated rings. The summed E-state index contributed by atoms with van der Waals surface area (Å²) in [5.74, 6) is -0.256. The van der Waals surface area contributed by atoms with E-state index in [0.717, 1.165) is 5.69 Å². The minimum absolute atomic E-state index is 0.0389. The van der Waals surface area contributed by atoms with Gasteiger partial charge in [0.2, 0.25) is 5.91 Å². The van der Waals surface area contributed by atoms with Crippen molar-refractivity contribution in [2.75, 3.05) is 20.2 Å². The molecule has 1 rings (SSSR count). The minimum Gasteiger partial charge on any atom is -0.469 e. The predicted octanol–water partition coefficient (Wildman–Crippen LogP) is 1.43. The van der Waals surface area contributed by atoms with Crippen LogP contribution in [0.3, 0.4) is 0 Å². The average molecular weight is 264 g/mol. The highest BCUT2D eigenvalue weighted by Gasteiger charge is 2.13. The third kappa shape index (κ3) is 5.50. The van der Waals surface area contributed by atoms with Gasteiger partial charge in [0.25, 0.3) is 0 Å². The molecule has 0 aliphatic heterocycles. The molecule has 0 unspecified atom stereocenters. The van der Waals surface area contributed by atoms with Crippen LogP contribution in [0.1, 0.15) is 25.5 Å². The average Bonchev–Trinajstić information content (AvgIpc) is 2.46. The van der Waals surface area contributed by atoms with Crippen LogP contribution in [0, 0.1) is 0 Å². The molecule has 0 radical (unpaired) electrons. The van der Waals surface area contributed by atoms with E-state index in [1.807, 2.05) is 25.1 Å². The Morgan fingerprint density at radius 1 is 1.32 bits per heavy atom. The third-order valence-corrected chi connectivity index (χ3v) is 2.87. The first-order chi connectivity index (χ1) is 9.17. The maximum Gasteiger partial charge on any atom is 0.307 e. The van der Waals surface area contributed by atoms with Crippen molar-refractivity contribution < 1.29 is 14.3 Å². The van der Waals surface area contributed by atoms with E-state index in [9.17, 15) is 9.59 Å². The molecule has 0 bridgehead atoms. The van der Waals surface area contributed by atoms with Gasteiger partial charge in [-0.15, -0.1) is 0 Å². The number of aromatic nitrogens is 1. The normalized spacial score (nSPS) is 10.0. The monoisotopic (exact) mass is 264 g/mol. The van der Waals surface area contributed by atoms with Crippen molar-refractivity contribution in [3.05, 3.63) is 30.1 Å². The topological polar surface area (TPSA) is 59.5 Å². The molecule has 0 atom stereocenters. The lowest BCUT2D eigenvalue weighted by Crippen LogP contribution is -2.33. The Morgan fingerprint density at radius 3 is 2.68 bits per heavy atom. The number of carbonyl (C=O) groups excluding carboxylic acids is 2. The van der Waals surface area contributed by atoms with Gasteiger partial charge < -0.3 is 9.64 Å². The first-order valence-corrected chi connectivity index (χ1v) is 6.41. The van der Waals surface area contributed by atoms with Gasteiger partial charge in [0, 0.05) is 31.4 Å². The lowest BCUT2D eigenvalue weighted by molar-refractivity contribution is -0.141. The summed E-state index contributed by atoms with van der Waals surface area (Å²) < 4.78 is 4.57. The molecule has 1 aromatic heterocycles. The molecule has 0 aliphatic carbocycles. The van der Waals surface area contributed by atoms with E-state index >= 15 is 0 Å². The fourth-order valence-electron chi connectivity index (χ4n) is 1.73. The second-order valence-electron chi connectivity index (χ2n) is 4.12. The van der Waals surface area contributed by atoms with Crippen molar-refractivity contribution in [1.29, 1.82) is 0 Å². The van der Waals surface area contributed by atoms with Crippen molar-refractivity contribution in [3.63, 3.8) is 0 Å². The largest absolute Gasteiger partial charge is 0.469 e. The lowest BCUT2D eigenvalue weighted by atomic mass is 10.2. The van der Waals surface area contributed by atoms with Crippen LogP contribution in [0.5, 0.6) is 0 Å². The number of carbonyl (C=O) groups is 2. The SMILES string of the molecule is CCN(CCC(=O)OC)C(=O)CCc1ccccn1. The summed E-state index contributed by atoms with van der Waals surface area (Å²) in [6, 6.07) is 5.65. The number of esters is 1. The second kappa shape index (κ2) is 8.24. The van der Waals surface area contributed by atoms with Gasteiger partial charge in [-0.3, -0.25) is 14.6 Å². The molecule has 1 aromatic rings. The first-order valence-electron chi connectivity index (χ1n) is 6.41. The van der Waals surface area contributed by atoms with Gasteiger partial charge in [-0.25, -0.2) is 0 Å². The maximum absolute atomic E-state index is 12.0. The van der Waals surface area contributed by atoms with Crippen LogP contribution in [0.25, 0.3) is 0 Å². The van der Waals surface area contributed by atoms with Gasteiger partial charge in [0.15, 0.2) is 0 Å². The molecule has 0 N–H and O–H groups in total. The molecule has 0 aliphatic rings. The van der Waals surface area contributed by atoms with Crippen molar-refractivity contribution in [2.24, 2.45) is 0 Å². The number of nitrogens with zero attached hydrogens (tertiary/aromatic N) is 2. The molecule has 1 amide bonds. The number of amides is 1. The van der Waals surface area contributed by atoms with Crippen molar-refractivity contribution in [3.8, 4) is 0 Å². The molecule has 104 valence electrons. The third-order valence-electron chi connectivity index (χ3n) is 2.87. The Bertz CT molecular complexity index is 406. The zero-order valence-electron chi connectivity index (χ0n) is 11.5. The Balaban J connectivity index is 2.39. The van der Waals surface area contributed by atoms with Crippen LogP contribution in [-0.4, -0.2) is 42.0 Å². The summed E-state index contributed by atoms with van der Waals surface area (Å²) in [6.45, 7) is 2.90. The molecule has 19 heavy (non-hydrogen) atoms. The molecular weight excluding hydrogens is 244 g/mol. The highest BCUT2D eigenvalue weighted by Crippen LogP contribution is 2.03. The number of aryl methyl sites for hydroxylation is 1. The van der Waals surface area contributed by atoms with E-state index in [0.29, 0.717) is 25.9 Å². The number of hydrogen-bond donors (Lipinski definition) is 0. The fourth-order valence-corrected chi connectivity index (χ4v) is 1.73. The first kappa shape index (κ1) is 15.1. The smallest absolute Gasteiger partial charge is 0.307 e. The van der Waals surface area contributed by atoms with E-state index in [4.69, 9.17) is 0 Å². The Labute approximate surface area is 113 Å². The number of ether oxygens (including phenoxy) is 1. The molecule has 5 nitrogen and oxygen atoms in total. The van der Waals surface area contributed by atoms with Crippen molar-refractivity contribution in [1.82, 2.24) is 9.88 Å². The Hall–Kier alpha value is -1.91. The quantitative estimate of drug-likeness (QED) is 0.699. The molecule has 0 aromatic carbocycles. The van der Waals surface area contributed by atoms with Crippen LogP contribution in [0.4, 0.5) is 0 Å². The van der Waals surface area contributed by atoms with Crippen LogP contribution in [0.15, 0.2) is 24.4 Å². The maximum atomic E-state index is 12.0. The minimum atomic E-state index is -0.295. The highest BCUT2D eigenvalue weighted by atomic mass is 16.5. The molecule has 1 heterocycles. The fraction of sp³-hybridized carbons (Fsp3) is 0.500. The van der Waals surface area contributed by atoms with E-state index in [1.54, 1.807) is 11.1 Å². The van der Waals surface area contributed by atoms with Gasteiger partial charge in [0.1, 0.15) is 0 Å². The highest BCUT2D eigenvalue weighted by molar-refractivity contribution is 5.77. The molecule has 0 saturated heterocycles. The summed E-state index contributed by atoms with van der Waals surface area (Å²) in [6.07, 6.45) is 2.98. The molecule has 0 saturated carbocycles. The Morgan fingerprint density at radius 2 is 2.11 bits per heavy atom. The van der Waals surface area contributed by atoms with Gasteiger partial charge in [-0.1, -0.05) is 6.07 Å². The van der Waals surface area contributed by atoms with Crippen molar-refractivity contribution >= 4 is 11.9 Å². The number of hydrogen-bond acceptors (Lipinski definition) is 4. The van der Waals surface area contributed by atoms with Crippen LogP contribution >= 0.6 is 0 Å². The summed E-state index contributed by atoms with van der Waals surface area (Å²) in [5.41, 5.74) is 0.903. The summed E-state index contributed by atoms with van der Waals surface area (Å²) in [4.78, 5) is 28.9. The number of rotatable bonds is 7. The molecule has 0 spiro atoms. The number of methoxy groups -OCH3 is 1. The predicted molar refractivity (Wildman–Crippen MR) is 71.4 cm³/mol. The standard InChI is InChI=1S/C14H20N2O3/c1-3-16(11-9-14(18)19-2)13(17)8-7-12-6-4-5-10-15-12/h4-6,10H,3,7-9,11H2,1-2H3. The second-order valence-corrected chi connectivity index (χ2v) is 4.12. The lowest BCUT2D eigenvalue weighted by Gasteiger charge is -2.20. The summed E-state index contributed by atoms with van der Waals surface area (Å²) in [5, 5.41) is 0. The van der Waals surface area contributed by atoms with Gasteiger partial charge in [-0.05, 0) is 25.5 Å². The van der Waals surface area contributed by atoms with Gasteiger partial charge in [-0.2, -0.15) is 0 Å². The van der Waals surface area contributed by atoms with E-state index in [-0.39, 0.29) is 18.3 Å².